The van der Waals surface area contributed by atoms with E-state index in [2.05, 4.69) is 0 Å². The molecule has 28 valence electrons. The van der Waals surface area contributed by atoms with Crippen LogP contribution >= 0.6 is 0 Å². The smallest absolute Gasteiger partial charge is 0 e. The molecule has 0 aliphatic rings. The summed E-state index contributed by atoms with van der Waals surface area (Å²) in [5, 5.41) is 0. The van der Waals surface area contributed by atoms with Crippen molar-refractivity contribution in [2.24, 2.45) is 0 Å². The van der Waals surface area contributed by atoms with Crippen molar-refractivity contribution >= 4 is 27.3 Å². The first-order valence-electron chi connectivity index (χ1n) is 0. The number of hydrogen-bond acceptors (Lipinski definition) is 0. The Balaban J connectivity index is 0. The third-order valence-electron chi connectivity index (χ3n) is 0. The van der Waals surface area contributed by atoms with Crippen LogP contribution in [0, 0.1) is 0 Å². The van der Waals surface area contributed by atoms with Crippen LogP contribution < -0.4 is 0 Å². The first-order chi connectivity index (χ1) is 0. The van der Waals surface area contributed by atoms with E-state index in [1.54, 1.807) is 0 Å². The molecule has 3 nitrogen and oxygen atoms in total. The second-order valence-corrected chi connectivity index (χ2v) is 0. The van der Waals surface area contributed by atoms with E-state index in [0.717, 1.165) is 0 Å². The molecular weight excluding hydrogens is 255 g/mol. The van der Waals surface area contributed by atoms with Gasteiger partial charge in [0.1, 0.15) is 0 Å². The van der Waals surface area contributed by atoms with E-state index in [4.69, 9.17) is 0 Å². The summed E-state index contributed by atoms with van der Waals surface area (Å²) in [5.41, 5.74) is 0. The minimum Gasteiger partial charge on any atom is -2.00 e. The summed E-state index contributed by atoms with van der Waals surface area (Å²) in [6.45, 7) is 0. The van der Waals surface area contributed by atoms with Crippen LogP contribution in [0.4, 0.5) is 0 Å². The Morgan fingerprint density at radius 3 is 0.500 bits per heavy atom. The molecule has 0 aliphatic heterocycles. The van der Waals surface area contributed by atoms with Gasteiger partial charge in [-0.3, -0.25) is 0 Å². The fourth-order valence-corrected chi connectivity index (χ4v) is 0. The zero-order valence-corrected chi connectivity index (χ0v) is 5.61. The molecule has 0 aromatic heterocycles. The van der Waals surface area contributed by atoms with Gasteiger partial charge < -0.3 is 16.4 Å². The van der Waals surface area contributed by atoms with Crippen molar-refractivity contribution in [3.63, 3.8) is 0 Å². The molecule has 0 amide bonds. The fourth-order valence-electron chi connectivity index (χ4n) is 0. The van der Waals surface area contributed by atoms with Crippen molar-refractivity contribution < 1.29 is 16.4 Å². The van der Waals surface area contributed by atoms with Gasteiger partial charge in [0, 0.05) is 27.3 Å². The summed E-state index contributed by atoms with van der Waals surface area (Å²) in [6, 6.07) is 0. The summed E-state index contributed by atoms with van der Waals surface area (Å²) >= 11 is 0. The fraction of sp³-hybridized carbons (Fsp3) is 0. The molecule has 0 aliphatic carbocycles. The largest absolute Gasteiger partial charge is 2.00 e. The molecule has 0 unspecified atom stereocenters. The normalized spacial score (nSPS) is 0. The molecule has 0 spiro atoms. The Morgan fingerprint density at radius 2 is 0.500 bits per heavy atom. The van der Waals surface area contributed by atoms with E-state index in [0.29, 0.717) is 0 Å². The van der Waals surface area contributed by atoms with Crippen molar-refractivity contribution in [2.45, 2.75) is 0 Å². The average Bonchev–Trinajstić information content (AvgIpc) is 0. The predicted octanol–water partition coefficient (Wildman–Crippen LogP) is -0.737. The minimum atomic E-state index is 0. The van der Waals surface area contributed by atoms with Crippen molar-refractivity contribution in [3.05, 3.63) is 0 Å². The van der Waals surface area contributed by atoms with E-state index in [9.17, 15) is 0 Å². The Hall–Kier alpha value is 0.802. The average molecular weight is 255 g/mol. The van der Waals surface area contributed by atoms with Crippen LogP contribution in [0.3, 0.4) is 0 Å². The van der Waals surface area contributed by atoms with Crippen molar-refractivity contribution in [2.75, 3.05) is 0 Å². The molecule has 0 fully saturated rings. The zero-order valence-electron chi connectivity index (χ0n) is 1.72. The molecule has 0 saturated carbocycles. The maximum Gasteiger partial charge on any atom is 0 e. The Bertz CT molecular complexity index is 3.25. The maximum absolute atomic E-state index is 0. The van der Waals surface area contributed by atoms with E-state index in [1.165, 1.54) is 0 Å². The molecule has 0 N–H and O–H groups in total. The van der Waals surface area contributed by atoms with Gasteiger partial charge in [-0.2, -0.15) is 0 Å². The second-order valence-electron chi connectivity index (χ2n) is 0. The van der Waals surface area contributed by atoms with Crippen molar-refractivity contribution in [1.82, 2.24) is 0 Å². The molecule has 0 heterocycles. The quantitative estimate of drug-likeness (QED) is 0.511. The number of hydrogen-bond donors (Lipinski definition) is 0. The monoisotopic (exact) mass is 256 g/mol. The Morgan fingerprint density at radius 1 is 0.500 bits per heavy atom. The van der Waals surface area contributed by atoms with E-state index in [-0.39, 0.29) is 43.7 Å². The van der Waals surface area contributed by atoms with Crippen LogP contribution in [0.2, 0.25) is 0 Å². The topological polar surface area (TPSA) is 85.5 Å². The SMILES string of the molecule is [O-2].[O-2].[O-2].[Pb]. The molecule has 0 atom stereocenters. The molecule has 0 aromatic rings. The molecule has 4 heavy (non-hydrogen) atoms. The van der Waals surface area contributed by atoms with Gasteiger partial charge in [0.15, 0.2) is 0 Å². The van der Waals surface area contributed by atoms with Crippen LogP contribution in [0.1, 0.15) is 0 Å². The standard InChI is InChI=1S/3O.Pb/q3*-2;. The summed E-state index contributed by atoms with van der Waals surface area (Å²) in [5.74, 6) is 0. The molecule has 0 rings (SSSR count). The van der Waals surface area contributed by atoms with Gasteiger partial charge >= 0.3 is 0 Å². The van der Waals surface area contributed by atoms with Crippen LogP contribution in [-0.2, 0) is 16.4 Å². The first kappa shape index (κ1) is 108. The summed E-state index contributed by atoms with van der Waals surface area (Å²) in [4.78, 5) is 0. The summed E-state index contributed by atoms with van der Waals surface area (Å²) in [6.07, 6.45) is 0. The Labute approximate surface area is 44.1 Å². The zero-order chi connectivity index (χ0) is 0. The minimum absolute atomic E-state index is 0. The van der Waals surface area contributed by atoms with Gasteiger partial charge in [0.2, 0.25) is 0 Å². The molecule has 0 bridgehead atoms. The van der Waals surface area contributed by atoms with Crippen molar-refractivity contribution in [1.29, 1.82) is 0 Å². The maximum atomic E-state index is 0. The summed E-state index contributed by atoms with van der Waals surface area (Å²) in [7, 11) is 0. The molecular formula is O3Pb-6. The van der Waals surface area contributed by atoms with Gasteiger partial charge in [-0.15, -0.1) is 0 Å². The molecule has 4 radical (unpaired) electrons. The van der Waals surface area contributed by atoms with Crippen LogP contribution in [0.15, 0.2) is 0 Å². The van der Waals surface area contributed by atoms with Gasteiger partial charge in [-0.05, 0) is 0 Å². The van der Waals surface area contributed by atoms with Crippen LogP contribution in [0.25, 0.3) is 0 Å². The van der Waals surface area contributed by atoms with Gasteiger partial charge in [0.25, 0.3) is 0 Å². The van der Waals surface area contributed by atoms with E-state index < -0.39 is 0 Å². The second kappa shape index (κ2) is 46.4. The van der Waals surface area contributed by atoms with E-state index >= 15 is 0 Å². The van der Waals surface area contributed by atoms with Crippen LogP contribution in [0.5, 0.6) is 0 Å². The van der Waals surface area contributed by atoms with Crippen molar-refractivity contribution in [3.8, 4) is 0 Å². The molecule has 4 heteroatoms. The molecule has 0 aromatic carbocycles. The number of rotatable bonds is 0. The molecule has 0 saturated heterocycles. The van der Waals surface area contributed by atoms with Gasteiger partial charge in [-0.25, -0.2) is 0 Å². The summed E-state index contributed by atoms with van der Waals surface area (Å²) < 4.78 is 0. The third kappa shape index (κ3) is 14.1. The van der Waals surface area contributed by atoms with Gasteiger partial charge in [-0.1, -0.05) is 0 Å². The predicted molar refractivity (Wildman–Crippen MR) is 7.81 cm³/mol. The first-order valence-corrected chi connectivity index (χ1v) is 0. The van der Waals surface area contributed by atoms with E-state index in [1.807, 2.05) is 0 Å². The third-order valence-corrected chi connectivity index (χ3v) is 0. The van der Waals surface area contributed by atoms with Gasteiger partial charge in [0.05, 0.1) is 0 Å². The van der Waals surface area contributed by atoms with Crippen LogP contribution in [-0.4, -0.2) is 27.3 Å². The Kier molecular flexibility index (Phi) is 1250.